The van der Waals surface area contributed by atoms with Crippen LogP contribution in [-0.4, -0.2) is 17.4 Å². The monoisotopic (exact) mass is 473 g/mol. The number of para-hydroxylation sites is 1. The highest BCUT2D eigenvalue weighted by atomic mass is 35.5. The number of halogens is 1. The molecule has 4 aromatic rings. The van der Waals surface area contributed by atoms with Gasteiger partial charge in [0.05, 0.1) is 10.2 Å². The fraction of sp³-hybridized carbons (Fsp3) is 0.0800. The fourth-order valence-corrected chi connectivity index (χ4v) is 4.86. The maximum atomic E-state index is 13.2. The third-order valence-corrected chi connectivity index (χ3v) is 6.48. The molecular weight excluding hydrogens is 454 g/mol. The van der Waals surface area contributed by atoms with Gasteiger partial charge in [0.1, 0.15) is 28.0 Å². The highest BCUT2D eigenvalue weighted by molar-refractivity contribution is 7.24. The molecule has 8 heteroatoms. The van der Waals surface area contributed by atoms with Crippen molar-refractivity contribution in [2.75, 3.05) is 17.6 Å². The molecular formula is C25H20ClN5OS. The lowest BCUT2D eigenvalue weighted by Gasteiger charge is -2.10. The van der Waals surface area contributed by atoms with E-state index in [9.17, 15) is 10.1 Å². The van der Waals surface area contributed by atoms with E-state index in [1.807, 2.05) is 43.3 Å². The first kappa shape index (κ1) is 22.3. The Hall–Kier alpha value is -3.86. The van der Waals surface area contributed by atoms with Crippen LogP contribution in [0.1, 0.15) is 21.5 Å². The second-order valence-electron chi connectivity index (χ2n) is 7.29. The summed E-state index contributed by atoms with van der Waals surface area (Å²) >= 11 is 7.43. The van der Waals surface area contributed by atoms with Gasteiger partial charge in [-0.25, -0.2) is 4.98 Å². The van der Waals surface area contributed by atoms with Crippen LogP contribution in [0.25, 0.3) is 21.3 Å². The fourth-order valence-electron chi connectivity index (χ4n) is 3.51. The maximum absolute atomic E-state index is 13.2. The van der Waals surface area contributed by atoms with Crippen molar-refractivity contribution in [3.05, 3.63) is 82.9 Å². The van der Waals surface area contributed by atoms with Crippen LogP contribution in [0.4, 0.5) is 16.5 Å². The number of anilines is 3. The van der Waals surface area contributed by atoms with Gasteiger partial charge in [-0.15, -0.1) is 17.9 Å². The van der Waals surface area contributed by atoms with Crippen molar-refractivity contribution in [2.45, 2.75) is 6.92 Å². The highest BCUT2D eigenvalue weighted by Gasteiger charge is 2.26. The predicted molar refractivity (Wildman–Crippen MR) is 136 cm³/mol. The summed E-state index contributed by atoms with van der Waals surface area (Å²) in [5.41, 5.74) is 10.5. The average Bonchev–Trinajstić information content (AvgIpc) is 3.16. The summed E-state index contributed by atoms with van der Waals surface area (Å²) < 4.78 is 0.683. The average molecular weight is 474 g/mol. The Kier molecular flexibility index (Phi) is 6.31. The Morgan fingerprint density at radius 2 is 2.00 bits per heavy atom. The summed E-state index contributed by atoms with van der Waals surface area (Å²) in [4.78, 5) is 17.7. The number of nitrogen functional groups attached to an aromatic ring is 1. The first-order valence-corrected chi connectivity index (χ1v) is 11.3. The van der Waals surface area contributed by atoms with E-state index in [1.165, 1.54) is 11.3 Å². The van der Waals surface area contributed by atoms with Crippen LogP contribution in [0.2, 0.25) is 5.02 Å². The second kappa shape index (κ2) is 9.33. The molecule has 0 aliphatic carbocycles. The number of fused-ring (bicyclic) bond motifs is 1. The lowest BCUT2D eigenvalue weighted by atomic mass is 10.00. The Morgan fingerprint density at radius 1 is 1.27 bits per heavy atom. The molecule has 1 amide bonds. The van der Waals surface area contributed by atoms with Crippen LogP contribution in [0.15, 0.2) is 61.2 Å². The molecule has 2 aromatic heterocycles. The molecule has 0 unspecified atom stereocenters. The summed E-state index contributed by atoms with van der Waals surface area (Å²) in [6, 6.07) is 17.1. The van der Waals surface area contributed by atoms with E-state index in [0.29, 0.717) is 37.9 Å². The molecule has 0 aliphatic heterocycles. The summed E-state index contributed by atoms with van der Waals surface area (Å²) in [5.74, 6) is -0.246. The summed E-state index contributed by atoms with van der Waals surface area (Å²) in [7, 11) is 0. The number of benzene rings is 2. The number of hydrogen-bond donors (Lipinski definition) is 3. The van der Waals surface area contributed by atoms with Crippen LogP contribution < -0.4 is 16.4 Å². The highest BCUT2D eigenvalue weighted by Crippen LogP contribution is 2.44. The van der Waals surface area contributed by atoms with E-state index in [4.69, 9.17) is 17.3 Å². The Labute approximate surface area is 200 Å². The van der Waals surface area contributed by atoms with Crippen molar-refractivity contribution in [3.63, 3.8) is 0 Å². The molecule has 4 rings (SSSR count). The SMILES string of the molecule is C=CCNC(=O)c1c(Nc2ccccc2C)sc2c(-c3ccc(Cl)cc3)c(C#N)c(N)nc12. The zero-order chi connectivity index (χ0) is 23.5. The maximum Gasteiger partial charge on any atom is 0.256 e. The van der Waals surface area contributed by atoms with Gasteiger partial charge in [-0.1, -0.05) is 48.0 Å². The quantitative estimate of drug-likeness (QED) is 0.296. The largest absolute Gasteiger partial charge is 0.383 e. The number of aromatic nitrogens is 1. The van der Waals surface area contributed by atoms with Gasteiger partial charge in [-0.2, -0.15) is 5.26 Å². The number of nitrogens with one attached hydrogen (secondary N) is 2. The van der Waals surface area contributed by atoms with Crippen molar-refractivity contribution < 1.29 is 4.79 Å². The topological polar surface area (TPSA) is 104 Å². The number of nitrogens with two attached hydrogens (primary N) is 1. The van der Waals surface area contributed by atoms with Gasteiger partial charge in [0.2, 0.25) is 0 Å². The molecule has 0 fully saturated rings. The minimum absolute atomic E-state index is 0.0629. The van der Waals surface area contributed by atoms with E-state index < -0.39 is 0 Å². The summed E-state index contributed by atoms with van der Waals surface area (Å²) in [6.07, 6.45) is 1.61. The number of aryl methyl sites for hydroxylation is 1. The smallest absolute Gasteiger partial charge is 0.256 e. The van der Waals surface area contributed by atoms with Crippen molar-refractivity contribution >= 4 is 55.6 Å². The van der Waals surface area contributed by atoms with Crippen LogP contribution in [0.3, 0.4) is 0 Å². The van der Waals surface area contributed by atoms with Gasteiger partial charge in [0, 0.05) is 22.8 Å². The normalized spacial score (nSPS) is 10.6. The summed E-state index contributed by atoms with van der Waals surface area (Å²) in [6.45, 7) is 5.95. The van der Waals surface area contributed by atoms with E-state index in [-0.39, 0.29) is 17.3 Å². The molecule has 6 nitrogen and oxygen atoms in total. The predicted octanol–water partition coefficient (Wildman–Crippen LogP) is 6.04. The molecule has 0 spiro atoms. The molecule has 2 aromatic carbocycles. The minimum atomic E-state index is -0.309. The molecule has 0 atom stereocenters. The van der Waals surface area contributed by atoms with E-state index in [1.54, 1.807) is 18.2 Å². The molecule has 0 aliphatic rings. The van der Waals surface area contributed by atoms with Crippen molar-refractivity contribution in [2.24, 2.45) is 0 Å². The van der Waals surface area contributed by atoms with Crippen molar-refractivity contribution in [1.29, 1.82) is 5.26 Å². The standard InChI is InChI=1S/C25H20ClN5OS/c1-3-12-29-24(32)20-21-22(33-25(20)30-18-7-5-4-6-14(18)2)19(17(13-27)23(28)31-21)15-8-10-16(26)11-9-15/h3-11,30H,1,12H2,2H3,(H2,28,31)(H,29,32). The summed E-state index contributed by atoms with van der Waals surface area (Å²) in [5, 5.41) is 17.2. The number of amides is 1. The van der Waals surface area contributed by atoms with Crippen molar-refractivity contribution in [3.8, 4) is 17.2 Å². The number of carbonyl (C=O) groups excluding carboxylic acids is 1. The van der Waals surface area contributed by atoms with Gasteiger partial charge < -0.3 is 16.4 Å². The third kappa shape index (κ3) is 4.27. The molecule has 0 saturated carbocycles. The number of nitriles is 1. The molecule has 0 bridgehead atoms. The van der Waals surface area contributed by atoms with Crippen LogP contribution in [0.5, 0.6) is 0 Å². The third-order valence-electron chi connectivity index (χ3n) is 5.12. The van der Waals surface area contributed by atoms with Crippen molar-refractivity contribution in [1.82, 2.24) is 10.3 Å². The number of thiophene rings is 1. The molecule has 33 heavy (non-hydrogen) atoms. The van der Waals surface area contributed by atoms with Gasteiger partial charge in [0.15, 0.2) is 0 Å². The number of hydrogen-bond acceptors (Lipinski definition) is 6. The van der Waals surface area contributed by atoms with E-state index in [0.717, 1.165) is 16.8 Å². The number of nitrogens with zero attached hydrogens (tertiary/aromatic N) is 2. The number of pyridine rings is 1. The molecule has 164 valence electrons. The lowest BCUT2D eigenvalue weighted by molar-refractivity contribution is 0.0960. The lowest BCUT2D eigenvalue weighted by Crippen LogP contribution is -2.23. The van der Waals surface area contributed by atoms with E-state index >= 15 is 0 Å². The zero-order valence-corrected chi connectivity index (χ0v) is 19.3. The second-order valence-corrected chi connectivity index (χ2v) is 8.75. The Morgan fingerprint density at radius 3 is 2.67 bits per heavy atom. The Balaban J connectivity index is 2.02. The van der Waals surface area contributed by atoms with Crippen LogP contribution in [-0.2, 0) is 0 Å². The molecule has 4 N–H and O–H groups in total. The number of carbonyl (C=O) groups is 1. The van der Waals surface area contributed by atoms with Gasteiger partial charge in [-0.05, 0) is 36.2 Å². The first-order chi connectivity index (χ1) is 15.9. The minimum Gasteiger partial charge on any atom is -0.383 e. The van der Waals surface area contributed by atoms with E-state index in [2.05, 4.69) is 28.3 Å². The van der Waals surface area contributed by atoms with Gasteiger partial charge in [-0.3, -0.25) is 4.79 Å². The van der Waals surface area contributed by atoms with Gasteiger partial charge >= 0.3 is 0 Å². The zero-order valence-electron chi connectivity index (χ0n) is 17.8. The first-order valence-electron chi connectivity index (χ1n) is 10.1. The van der Waals surface area contributed by atoms with Crippen LogP contribution in [0, 0.1) is 18.3 Å². The number of rotatable bonds is 6. The molecule has 2 heterocycles. The van der Waals surface area contributed by atoms with Crippen LogP contribution >= 0.6 is 22.9 Å². The molecule has 0 radical (unpaired) electrons. The van der Waals surface area contributed by atoms with Gasteiger partial charge in [0.25, 0.3) is 5.91 Å². The Bertz CT molecular complexity index is 1420. The molecule has 0 saturated heterocycles.